The zero-order valence-electron chi connectivity index (χ0n) is 13.2. The number of aryl methyl sites for hydroxylation is 1. The molecule has 0 bridgehead atoms. The minimum Gasteiger partial charge on any atom is -0.469 e. The van der Waals surface area contributed by atoms with Crippen molar-refractivity contribution in [2.45, 2.75) is 53.1 Å². The Balaban J connectivity index is 2.47. The third-order valence-corrected chi connectivity index (χ3v) is 3.56. The van der Waals surface area contributed by atoms with Crippen molar-refractivity contribution in [3.05, 3.63) is 23.7 Å². The van der Waals surface area contributed by atoms with Crippen LogP contribution < -0.4 is 5.32 Å². The highest BCUT2D eigenvalue weighted by Crippen LogP contribution is 2.14. The average Bonchev–Trinajstić information content (AvgIpc) is 2.73. The van der Waals surface area contributed by atoms with Crippen LogP contribution in [0.1, 0.15) is 44.9 Å². The Bertz CT molecular complexity index is 346. The maximum Gasteiger partial charge on any atom is 0.105 e. The van der Waals surface area contributed by atoms with Crippen LogP contribution >= 0.6 is 0 Å². The van der Waals surface area contributed by atoms with Gasteiger partial charge in [-0.2, -0.15) is 0 Å². The second-order valence-electron chi connectivity index (χ2n) is 5.91. The second kappa shape index (κ2) is 8.39. The number of nitrogens with one attached hydrogen (secondary N) is 1. The first-order chi connectivity index (χ1) is 9.04. The molecule has 3 nitrogen and oxygen atoms in total. The molecule has 0 radical (unpaired) electrons. The van der Waals surface area contributed by atoms with Gasteiger partial charge in [-0.3, -0.25) is 4.90 Å². The molecule has 0 fully saturated rings. The van der Waals surface area contributed by atoms with Gasteiger partial charge >= 0.3 is 0 Å². The van der Waals surface area contributed by atoms with Gasteiger partial charge in [0.15, 0.2) is 0 Å². The van der Waals surface area contributed by atoms with Crippen molar-refractivity contribution in [1.82, 2.24) is 10.2 Å². The van der Waals surface area contributed by atoms with Crippen molar-refractivity contribution in [2.75, 3.05) is 20.1 Å². The molecule has 0 aliphatic heterocycles. The van der Waals surface area contributed by atoms with Crippen LogP contribution in [0.5, 0.6) is 0 Å². The summed E-state index contributed by atoms with van der Waals surface area (Å²) in [5.74, 6) is 1.75. The molecule has 1 aromatic heterocycles. The quantitative estimate of drug-likeness (QED) is 0.742. The van der Waals surface area contributed by atoms with E-state index >= 15 is 0 Å². The highest BCUT2D eigenvalue weighted by atomic mass is 16.3. The summed E-state index contributed by atoms with van der Waals surface area (Å²) in [6.45, 7) is 11.9. The van der Waals surface area contributed by atoms with Gasteiger partial charge in [-0.15, -0.1) is 0 Å². The summed E-state index contributed by atoms with van der Waals surface area (Å²) in [4.78, 5) is 2.44. The maximum atomic E-state index is 5.38. The van der Waals surface area contributed by atoms with Crippen molar-refractivity contribution < 1.29 is 4.42 Å². The van der Waals surface area contributed by atoms with Crippen LogP contribution in [-0.2, 0) is 6.54 Å². The molecular formula is C16H30N2O. The number of nitrogens with zero attached hydrogens (tertiary/aromatic N) is 1. The highest BCUT2D eigenvalue weighted by Gasteiger charge is 2.15. The molecule has 1 heterocycles. The molecule has 110 valence electrons. The predicted molar refractivity (Wildman–Crippen MR) is 81.3 cm³/mol. The van der Waals surface area contributed by atoms with Crippen LogP contribution in [0.4, 0.5) is 0 Å². The highest BCUT2D eigenvalue weighted by molar-refractivity contribution is 5.15. The van der Waals surface area contributed by atoms with Gasteiger partial charge in [-0.05, 0) is 38.9 Å². The number of hydrogen-bond acceptors (Lipinski definition) is 3. The summed E-state index contributed by atoms with van der Waals surface area (Å²) >= 11 is 0. The molecule has 0 saturated carbocycles. The smallest absolute Gasteiger partial charge is 0.105 e. The maximum absolute atomic E-state index is 5.38. The van der Waals surface area contributed by atoms with Gasteiger partial charge in [-0.25, -0.2) is 0 Å². The summed E-state index contributed by atoms with van der Waals surface area (Å²) in [6, 6.07) is 2.68. The van der Waals surface area contributed by atoms with E-state index in [1.54, 1.807) is 6.26 Å². The summed E-state index contributed by atoms with van der Waals surface area (Å²) in [5, 5.41) is 3.58. The second-order valence-corrected chi connectivity index (χ2v) is 5.91. The van der Waals surface area contributed by atoms with Crippen molar-refractivity contribution in [2.24, 2.45) is 5.92 Å². The lowest BCUT2D eigenvalue weighted by Crippen LogP contribution is -2.40. The van der Waals surface area contributed by atoms with E-state index in [0.29, 0.717) is 12.0 Å². The van der Waals surface area contributed by atoms with E-state index in [4.69, 9.17) is 4.42 Å². The summed E-state index contributed by atoms with van der Waals surface area (Å²) in [5.41, 5.74) is 1.30. The van der Waals surface area contributed by atoms with Crippen LogP contribution in [0.3, 0.4) is 0 Å². The van der Waals surface area contributed by atoms with E-state index in [1.165, 1.54) is 18.4 Å². The van der Waals surface area contributed by atoms with Gasteiger partial charge in [0, 0.05) is 24.7 Å². The van der Waals surface area contributed by atoms with Gasteiger partial charge < -0.3 is 9.73 Å². The van der Waals surface area contributed by atoms with Gasteiger partial charge in [0.2, 0.25) is 0 Å². The molecule has 0 spiro atoms. The molecule has 1 unspecified atom stereocenters. The molecule has 19 heavy (non-hydrogen) atoms. The number of hydrogen-bond donors (Lipinski definition) is 1. The first-order valence-electron chi connectivity index (χ1n) is 7.48. The average molecular weight is 266 g/mol. The molecule has 0 amide bonds. The van der Waals surface area contributed by atoms with Crippen LogP contribution in [0.25, 0.3) is 0 Å². The van der Waals surface area contributed by atoms with Crippen LogP contribution in [-0.4, -0.2) is 31.1 Å². The zero-order valence-corrected chi connectivity index (χ0v) is 13.2. The molecule has 1 N–H and O–H groups in total. The lowest BCUT2D eigenvalue weighted by molar-refractivity contribution is 0.212. The van der Waals surface area contributed by atoms with Gasteiger partial charge in [0.1, 0.15) is 5.76 Å². The Hall–Kier alpha value is -0.800. The molecule has 0 saturated heterocycles. The van der Waals surface area contributed by atoms with Crippen LogP contribution in [0.2, 0.25) is 0 Å². The summed E-state index contributed by atoms with van der Waals surface area (Å²) in [7, 11) is 2.21. The Morgan fingerprint density at radius 2 is 2.05 bits per heavy atom. The zero-order chi connectivity index (χ0) is 14.3. The van der Waals surface area contributed by atoms with Crippen LogP contribution in [0.15, 0.2) is 16.7 Å². The number of furan rings is 1. The van der Waals surface area contributed by atoms with E-state index in [0.717, 1.165) is 25.4 Å². The third kappa shape index (κ3) is 5.79. The van der Waals surface area contributed by atoms with E-state index in [1.807, 2.05) is 6.92 Å². The minimum atomic E-state index is 0.595. The molecular weight excluding hydrogens is 236 g/mol. The Morgan fingerprint density at radius 3 is 2.58 bits per heavy atom. The Kier molecular flexibility index (Phi) is 7.17. The Labute approximate surface area is 118 Å². The molecule has 1 rings (SSSR count). The molecule has 1 aromatic rings. The SMILES string of the molecule is CCCC(CNCC(C)C)N(C)Cc1ccoc1C. The lowest BCUT2D eigenvalue weighted by atomic mass is 10.1. The first kappa shape index (κ1) is 16.3. The largest absolute Gasteiger partial charge is 0.469 e. The van der Waals surface area contributed by atoms with Gasteiger partial charge in [0.05, 0.1) is 6.26 Å². The molecule has 1 atom stereocenters. The molecule has 0 aliphatic rings. The van der Waals surface area contributed by atoms with Crippen molar-refractivity contribution in [3.8, 4) is 0 Å². The van der Waals surface area contributed by atoms with E-state index in [2.05, 4.69) is 44.1 Å². The minimum absolute atomic E-state index is 0.595. The lowest BCUT2D eigenvalue weighted by Gasteiger charge is -2.28. The third-order valence-electron chi connectivity index (χ3n) is 3.56. The van der Waals surface area contributed by atoms with E-state index < -0.39 is 0 Å². The normalized spacial score (nSPS) is 13.4. The molecule has 0 aliphatic carbocycles. The first-order valence-corrected chi connectivity index (χ1v) is 7.48. The van der Waals surface area contributed by atoms with Gasteiger partial charge in [0.25, 0.3) is 0 Å². The molecule has 3 heteroatoms. The van der Waals surface area contributed by atoms with E-state index in [-0.39, 0.29) is 0 Å². The summed E-state index contributed by atoms with van der Waals surface area (Å²) in [6.07, 6.45) is 4.24. The Morgan fingerprint density at radius 1 is 1.32 bits per heavy atom. The fourth-order valence-electron chi connectivity index (χ4n) is 2.32. The number of likely N-dealkylation sites (N-methyl/N-ethyl adjacent to an activating group) is 1. The van der Waals surface area contributed by atoms with Crippen molar-refractivity contribution in [1.29, 1.82) is 0 Å². The monoisotopic (exact) mass is 266 g/mol. The molecule has 0 aromatic carbocycles. The fraction of sp³-hybridized carbons (Fsp3) is 0.750. The van der Waals surface area contributed by atoms with Crippen molar-refractivity contribution >= 4 is 0 Å². The standard InChI is InChI=1S/C16H30N2O/c1-6-7-16(11-17-10-13(2)3)18(5)12-15-8-9-19-14(15)4/h8-9,13,16-17H,6-7,10-12H2,1-5H3. The van der Waals surface area contributed by atoms with Gasteiger partial charge in [-0.1, -0.05) is 27.2 Å². The topological polar surface area (TPSA) is 28.4 Å². The summed E-state index contributed by atoms with van der Waals surface area (Å²) < 4.78 is 5.38. The predicted octanol–water partition coefficient (Wildman–Crippen LogP) is 3.43. The van der Waals surface area contributed by atoms with Crippen molar-refractivity contribution in [3.63, 3.8) is 0 Å². The number of rotatable bonds is 9. The fourth-order valence-corrected chi connectivity index (χ4v) is 2.32. The van der Waals surface area contributed by atoms with Crippen LogP contribution in [0, 0.1) is 12.8 Å². The van der Waals surface area contributed by atoms with E-state index in [9.17, 15) is 0 Å².